The van der Waals surface area contributed by atoms with Crippen molar-refractivity contribution >= 4 is 11.9 Å². The van der Waals surface area contributed by atoms with Crippen LogP contribution in [0.5, 0.6) is 5.75 Å². The molecule has 3 N–H and O–H groups in total. The summed E-state index contributed by atoms with van der Waals surface area (Å²) in [6.07, 6.45) is 0.947. The molecule has 0 fully saturated rings. The standard InChI is InChI=1S/C22H30N4O2/c1-16(2)28-20-10-6-8-18(14-20)15-26-22(24-4)25-12-11-17-7-5-9-19(13-17)21(27)23-3/h5-10,13-14,16H,11-12,15H2,1-4H3,(H,23,27)(H2,24,25,26). The lowest BCUT2D eigenvalue weighted by Gasteiger charge is -2.14. The Hall–Kier alpha value is -3.02. The fourth-order valence-electron chi connectivity index (χ4n) is 2.74. The minimum atomic E-state index is -0.0732. The second-order valence-electron chi connectivity index (χ2n) is 6.70. The molecular formula is C22H30N4O2. The van der Waals surface area contributed by atoms with Crippen molar-refractivity contribution in [2.75, 3.05) is 20.6 Å². The molecule has 150 valence electrons. The molecule has 0 bridgehead atoms. The van der Waals surface area contributed by atoms with E-state index in [4.69, 9.17) is 4.74 Å². The monoisotopic (exact) mass is 382 g/mol. The maximum absolute atomic E-state index is 11.7. The summed E-state index contributed by atoms with van der Waals surface area (Å²) >= 11 is 0. The summed E-state index contributed by atoms with van der Waals surface area (Å²) in [5.74, 6) is 1.53. The van der Waals surface area contributed by atoms with Gasteiger partial charge in [0.15, 0.2) is 5.96 Å². The molecule has 0 saturated heterocycles. The van der Waals surface area contributed by atoms with Crippen LogP contribution in [0.15, 0.2) is 53.5 Å². The van der Waals surface area contributed by atoms with Crippen LogP contribution in [0.4, 0.5) is 0 Å². The topological polar surface area (TPSA) is 74.8 Å². The van der Waals surface area contributed by atoms with E-state index in [1.54, 1.807) is 14.1 Å². The number of ether oxygens (including phenoxy) is 1. The molecule has 6 nitrogen and oxygen atoms in total. The third-order valence-electron chi connectivity index (χ3n) is 4.08. The third kappa shape index (κ3) is 6.95. The van der Waals surface area contributed by atoms with Gasteiger partial charge in [0.05, 0.1) is 6.10 Å². The Bertz CT molecular complexity index is 803. The zero-order chi connectivity index (χ0) is 20.4. The third-order valence-corrected chi connectivity index (χ3v) is 4.08. The largest absolute Gasteiger partial charge is 0.491 e. The van der Waals surface area contributed by atoms with Gasteiger partial charge in [-0.05, 0) is 55.7 Å². The van der Waals surface area contributed by atoms with E-state index in [2.05, 4.69) is 27.0 Å². The molecule has 2 aromatic carbocycles. The zero-order valence-electron chi connectivity index (χ0n) is 17.1. The highest BCUT2D eigenvalue weighted by atomic mass is 16.5. The van der Waals surface area contributed by atoms with Gasteiger partial charge in [-0.15, -0.1) is 0 Å². The van der Waals surface area contributed by atoms with Crippen LogP contribution in [0, 0.1) is 0 Å². The second kappa shape index (κ2) is 11.0. The Kier molecular flexibility index (Phi) is 8.34. The predicted molar refractivity (Wildman–Crippen MR) is 114 cm³/mol. The van der Waals surface area contributed by atoms with Crippen LogP contribution in [-0.2, 0) is 13.0 Å². The number of rotatable bonds is 8. The van der Waals surface area contributed by atoms with Crippen LogP contribution in [0.2, 0.25) is 0 Å². The van der Waals surface area contributed by atoms with Crippen LogP contribution < -0.4 is 20.7 Å². The lowest BCUT2D eigenvalue weighted by atomic mass is 10.1. The maximum atomic E-state index is 11.7. The van der Waals surface area contributed by atoms with Gasteiger partial charge in [0.2, 0.25) is 0 Å². The van der Waals surface area contributed by atoms with Crippen LogP contribution in [0.25, 0.3) is 0 Å². The quantitative estimate of drug-likeness (QED) is 0.485. The summed E-state index contributed by atoms with van der Waals surface area (Å²) in [5.41, 5.74) is 2.90. The summed E-state index contributed by atoms with van der Waals surface area (Å²) in [4.78, 5) is 16.0. The van der Waals surface area contributed by atoms with Crippen molar-refractivity contribution < 1.29 is 9.53 Å². The van der Waals surface area contributed by atoms with Crippen LogP contribution in [0.1, 0.15) is 35.3 Å². The first-order valence-corrected chi connectivity index (χ1v) is 9.53. The van der Waals surface area contributed by atoms with Crippen molar-refractivity contribution in [2.45, 2.75) is 32.9 Å². The van der Waals surface area contributed by atoms with Gasteiger partial charge >= 0.3 is 0 Å². The summed E-state index contributed by atoms with van der Waals surface area (Å²) in [6, 6.07) is 15.7. The number of nitrogens with one attached hydrogen (secondary N) is 3. The summed E-state index contributed by atoms with van der Waals surface area (Å²) in [7, 11) is 3.39. The molecule has 0 spiro atoms. The van der Waals surface area contributed by atoms with Gasteiger partial charge in [-0.1, -0.05) is 24.3 Å². The molecular weight excluding hydrogens is 352 g/mol. The molecule has 2 rings (SSSR count). The fraction of sp³-hybridized carbons (Fsp3) is 0.364. The Morgan fingerprint density at radius 3 is 2.54 bits per heavy atom. The van der Waals surface area contributed by atoms with E-state index in [9.17, 15) is 4.79 Å². The van der Waals surface area contributed by atoms with Crippen molar-refractivity contribution in [3.63, 3.8) is 0 Å². The molecule has 0 radical (unpaired) electrons. The van der Waals surface area contributed by atoms with Crippen molar-refractivity contribution in [2.24, 2.45) is 4.99 Å². The highest BCUT2D eigenvalue weighted by Crippen LogP contribution is 2.14. The van der Waals surface area contributed by atoms with Crippen LogP contribution in [0.3, 0.4) is 0 Å². The summed E-state index contributed by atoms with van der Waals surface area (Å²) in [5, 5.41) is 9.26. The van der Waals surface area contributed by atoms with Gasteiger partial charge in [-0.3, -0.25) is 9.79 Å². The molecule has 0 heterocycles. The van der Waals surface area contributed by atoms with Gasteiger partial charge < -0.3 is 20.7 Å². The number of carbonyl (C=O) groups is 1. The molecule has 0 aromatic heterocycles. The molecule has 0 aliphatic heterocycles. The average Bonchev–Trinajstić information content (AvgIpc) is 2.70. The molecule has 0 aliphatic carbocycles. The van der Waals surface area contributed by atoms with Gasteiger partial charge in [-0.25, -0.2) is 0 Å². The molecule has 1 amide bonds. The number of hydrogen-bond donors (Lipinski definition) is 3. The number of hydrogen-bond acceptors (Lipinski definition) is 3. The first-order chi connectivity index (χ1) is 13.5. The molecule has 0 saturated carbocycles. The highest BCUT2D eigenvalue weighted by Gasteiger charge is 2.05. The van der Waals surface area contributed by atoms with E-state index in [0.29, 0.717) is 18.7 Å². The Labute approximate surface area is 167 Å². The van der Waals surface area contributed by atoms with Gasteiger partial charge in [-0.2, -0.15) is 0 Å². The van der Waals surface area contributed by atoms with E-state index < -0.39 is 0 Å². The maximum Gasteiger partial charge on any atom is 0.251 e. The Morgan fingerprint density at radius 1 is 1.07 bits per heavy atom. The van der Waals surface area contributed by atoms with Gasteiger partial charge in [0, 0.05) is 32.7 Å². The Balaban J connectivity index is 1.83. The molecule has 6 heteroatoms. The van der Waals surface area contributed by atoms with E-state index >= 15 is 0 Å². The molecule has 2 aromatic rings. The number of carbonyl (C=O) groups excluding carboxylic acids is 1. The van der Waals surface area contributed by atoms with Crippen molar-refractivity contribution in [1.29, 1.82) is 0 Å². The van der Waals surface area contributed by atoms with Crippen molar-refractivity contribution in [3.05, 3.63) is 65.2 Å². The van der Waals surface area contributed by atoms with Crippen molar-refractivity contribution in [3.8, 4) is 5.75 Å². The first kappa shape index (κ1) is 21.3. The second-order valence-corrected chi connectivity index (χ2v) is 6.70. The molecule has 0 unspecified atom stereocenters. The minimum absolute atomic E-state index is 0.0732. The Morgan fingerprint density at radius 2 is 1.82 bits per heavy atom. The number of nitrogens with zero attached hydrogens (tertiary/aromatic N) is 1. The first-order valence-electron chi connectivity index (χ1n) is 9.53. The van der Waals surface area contributed by atoms with E-state index in [1.165, 1.54) is 0 Å². The molecule has 0 atom stereocenters. The van der Waals surface area contributed by atoms with Gasteiger partial charge in [0.25, 0.3) is 5.91 Å². The van der Waals surface area contributed by atoms with E-state index in [-0.39, 0.29) is 12.0 Å². The zero-order valence-corrected chi connectivity index (χ0v) is 17.1. The van der Waals surface area contributed by atoms with Crippen LogP contribution >= 0.6 is 0 Å². The van der Waals surface area contributed by atoms with E-state index in [0.717, 1.165) is 29.3 Å². The fourth-order valence-corrected chi connectivity index (χ4v) is 2.74. The number of benzene rings is 2. The SMILES string of the molecule is CN=C(NCCc1cccc(C(=O)NC)c1)NCc1cccc(OC(C)C)c1. The predicted octanol–water partition coefficient (Wildman–Crippen LogP) is 2.74. The lowest BCUT2D eigenvalue weighted by Crippen LogP contribution is -2.37. The van der Waals surface area contributed by atoms with Gasteiger partial charge in [0.1, 0.15) is 5.75 Å². The normalized spacial score (nSPS) is 11.2. The average molecular weight is 383 g/mol. The van der Waals surface area contributed by atoms with Crippen LogP contribution in [-0.4, -0.2) is 38.6 Å². The van der Waals surface area contributed by atoms with E-state index in [1.807, 2.05) is 56.3 Å². The summed E-state index contributed by atoms with van der Waals surface area (Å²) in [6.45, 7) is 5.40. The molecule has 0 aliphatic rings. The molecule has 28 heavy (non-hydrogen) atoms. The summed E-state index contributed by atoms with van der Waals surface area (Å²) < 4.78 is 5.73. The highest BCUT2D eigenvalue weighted by molar-refractivity contribution is 5.94. The lowest BCUT2D eigenvalue weighted by molar-refractivity contribution is 0.0963. The number of aliphatic imine (C=N–C) groups is 1. The number of amides is 1. The smallest absolute Gasteiger partial charge is 0.251 e. The van der Waals surface area contributed by atoms with Crippen molar-refractivity contribution in [1.82, 2.24) is 16.0 Å². The number of guanidine groups is 1. The minimum Gasteiger partial charge on any atom is -0.491 e.